The van der Waals surface area contributed by atoms with Crippen LogP contribution in [0.3, 0.4) is 0 Å². The number of carbonyl (C=O) groups is 1. The number of aliphatic carboxylic acids is 1. The smallest absolute Gasteiger partial charge is 0.327 e. The van der Waals surface area contributed by atoms with Crippen LogP contribution in [-0.2, 0) is 4.79 Å². The average molecular weight is 159 g/mol. The van der Waals surface area contributed by atoms with Crippen molar-refractivity contribution in [1.82, 2.24) is 0 Å². The van der Waals surface area contributed by atoms with Gasteiger partial charge in [-0.2, -0.15) is 0 Å². The van der Waals surface area contributed by atoms with E-state index in [2.05, 4.69) is 0 Å². The quantitative estimate of drug-likeness (QED) is 0.327. The molecule has 0 aromatic rings. The minimum Gasteiger partial charge on any atom is -0.871 e. The Hall–Kier alpha value is -1.03. The molecular weight excluding hydrogens is 146 g/mol. The number of quaternary nitrogens is 1. The van der Waals surface area contributed by atoms with Crippen LogP contribution < -0.4 is 5.11 Å². The number of hydrogen-bond acceptors (Lipinski definition) is 2. The topological polar surface area (TPSA) is 60.4 Å². The lowest BCUT2D eigenvalue weighted by molar-refractivity contribution is -0.870. The Labute approximate surface area is 66.0 Å². The summed E-state index contributed by atoms with van der Waals surface area (Å²) in [5.41, 5.74) is 0. The Kier molecular flexibility index (Phi) is 3.07. The lowest BCUT2D eigenvalue weighted by Gasteiger charge is -2.27. The van der Waals surface area contributed by atoms with Gasteiger partial charge in [-0.05, 0) is 0 Å². The van der Waals surface area contributed by atoms with E-state index >= 15 is 0 Å². The van der Waals surface area contributed by atoms with E-state index in [-0.39, 0.29) is 12.3 Å². The lowest BCUT2D eigenvalue weighted by atomic mass is 10.4. The second-order valence-electron chi connectivity index (χ2n) is 3.40. The fraction of sp³-hybridized carbons (Fsp3) is 0.571. The molecule has 0 aromatic heterocycles. The van der Waals surface area contributed by atoms with Crippen LogP contribution in [-0.4, -0.2) is 43.2 Å². The van der Waals surface area contributed by atoms with E-state index in [1.165, 1.54) is 0 Å². The molecule has 0 heterocycles. The van der Waals surface area contributed by atoms with Crippen molar-refractivity contribution in [3.63, 3.8) is 0 Å². The molecule has 0 aliphatic heterocycles. The van der Waals surface area contributed by atoms with Crippen molar-refractivity contribution < 1.29 is 19.5 Å². The molecule has 0 saturated carbocycles. The van der Waals surface area contributed by atoms with Crippen molar-refractivity contribution in [2.24, 2.45) is 0 Å². The van der Waals surface area contributed by atoms with Crippen LogP contribution in [0.5, 0.6) is 0 Å². The summed E-state index contributed by atoms with van der Waals surface area (Å²) in [4.78, 5) is 10.0. The zero-order valence-corrected chi connectivity index (χ0v) is 7.00. The summed E-state index contributed by atoms with van der Waals surface area (Å²) in [6, 6.07) is 0. The first-order valence-electron chi connectivity index (χ1n) is 3.22. The maximum absolute atomic E-state index is 10.8. The van der Waals surface area contributed by atoms with Crippen LogP contribution in [0.1, 0.15) is 0 Å². The Bertz CT molecular complexity index is 179. The first kappa shape index (κ1) is 9.97. The van der Waals surface area contributed by atoms with E-state index in [0.29, 0.717) is 10.6 Å². The third-order valence-electron chi connectivity index (χ3n) is 0.915. The summed E-state index contributed by atoms with van der Waals surface area (Å²) in [5, 5.41) is 19.0. The normalized spacial score (nSPS) is 13.2. The summed E-state index contributed by atoms with van der Waals surface area (Å²) in [6.07, 6.45) is 0.698. The Balaban J connectivity index is 4.07. The second kappa shape index (κ2) is 3.39. The van der Waals surface area contributed by atoms with Crippen LogP contribution in [0, 0.1) is 0 Å². The third kappa shape index (κ3) is 6.86. The molecule has 0 rings (SSSR count). The molecule has 0 aromatic carbocycles. The van der Waals surface area contributed by atoms with Gasteiger partial charge in [-0.25, -0.2) is 4.79 Å². The van der Waals surface area contributed by atoms with E-state index in [1.807, 2.05) is 21.1 Å². The number of carboxylic acids is 1. The maximum Gasteiger partial charge on any atom is 0.327 e. The van der Waals surface area contributed by atoms with Crippen molar-refractivity contribution in [2.75, 3.05) is 27.7 Å². The standard InChI is InChI=1S/C7H13NO3/c1-8(2,3)5-6(9)4-7(10)11/h4H,5H2,1-3H3,(H-,9,10,11)/b6-4-. The Morgan fingerprint density at radius 2 is 2.00 bits per heavy atom. The fourth-order valence-corrected chi connectivity index (χ4v) is 0.651. The number of nitrogens with zero attached hydrogens (tertiary/aromatic N) is 1. The monoisotopic (exact) mass is 159 g/mol. The van der Waals surface area contributed by atoms with Gasteiger partial charge in [0.25, 0.3) is 0 Å². The molecule has 0 atom stereocenters. The molecule has 0 radical (unpaired) electrons. The molecule has 4 nitrogen and oxygen atoms in total. The van der Waals surface area contributed by atoms with E-state index in [4.69, 9.17) is 5.11 Å². The van der Waals surface area contributed by atoms with Gasteiger partial charge in [0.15, 0.2) is 0 Å². The predicted octanol–water partition coefficient (Wildman–Crippen LogP) is -0.979. The summed E-state index contributed by atoms with van der Waals surface area (Å²) in [7, 11) is 5.48. The van der Waals surface area contributed by atoms with Crippen LogP contribution >= 0.6 is 0 Å². The highest BCUT2D eigenvalue weighted by Gasteiger charge is 2.04. The molecule has 0 aliphatic carbocycles. The molecule has 0 saturated heterocycles. The van der Waals surface area contributed by atoms with Gasteiger partial charge < -0.3 is 14.7 Å². The average Bonchev–Trinajstić information content (AvgIpc) is 1.53. The Morgan fingerprint density at radius 1 is 1.55 bits per heavy atom. The van der Waals surface area contributed by atoms with Crippen LogP contribution in [0.4, 0.5) is 0 Å². The molecule has 0 unspecified atom stereocenters. The minimum atomic E-state index is -1.18. The maximum atomic E-state index is 10.8. The van der Waals surface area contributed by atoms with Crippen LogP contribution in [0.15, 0.2) is 11.8 Å². The number of rotatable bonds is 3. The van der Waals surface area contributed by atoms with Crippen molar-refractivity contribution >= 4 is 5.97 Å². The fourth-order valence-electron chi connectivity index (χ4n) is 0.651. The highest BCUT2D eigenvalue weighted by atomic mass is 16.4. The van der Waals surface area contributed by atoms with E-state index in [1.54, 1.807) is 0 Å². The van der Waals surface area contributed by atoms with E-state index in [0.717, 1.165) is 0 Å². The van der Waals surface area contributed by atoms with Gasteiger partial charge in [0.2, 0.25) is 0 Å². The molecule has 0 aliphatic rings. The molecule has 0 fully saturated rings. The lowest BCUT2D eigenvalue weighted by Crippen LogP contribution is -2.39. The van der Waals surface area contributed by atoms with Gasteiger partial charge in [-0.15, -0.1) is 0 Å². The van der Waals surface area contributed by atoms with Crippen molar-refractivity contribution in [1.29, 1.82) is 0 Å². The molecule has 1 N–H and O–H groups in total. The van der Waals surface area contributed by atoms with Crippen molar-refractivity contribution in [3.8, 4) is 0 Å². The molecule has 0 amide bonds. The molecule has 0 bridgehead atoms. The highest BCUT2D eigenvalue weighted by Crippen LogP contribution is 1.94. The number of carboxylic acid groups (broad SMARTS) is 1. The van der Waals surface area contributed by atoms with Gasteiger partial charge in [-0.1, -0.05) is 5.76 Å². The summed E-state index contributed by atoms with van der Waals surface area (Å²) < 4.78 is 0.447. The van der Waals surface area contributed by atoms with Crippen LogP contribution in [0.25, 0.3) is 0 Å². The molecular formula is C7H13NO3. The van der Waals surface area contributed by atoms with Gasteiger partial charge in [0, 0.05) is 6.08 Å². The predicted molar refractivity (Wildman–Crippen MR) is 38.6 cm³/mol. The van der Waals surface area contributed by atoms with Crippen molar-refractivity contribution in [2.45, 2.75) is 0 Å². The van der Waals surface area contributed by atoms with Gasteiger partial charge in [0.1, 0.15) is 0 Å². The van der Waals surface area contributed by atoms with E-state index in [9.17, 15) is 9.90 Å². The zero-order chi connectivity index (χ0) is 9.07. The van der Waals surface area contributed by atoms with Crippen LogP contribution in [0.2, 0.25) is 0 Å². The summed E-state index contributed by atoms with van der Waals surface area (Å²) in [5.74, 6) is -1.53. The van der Waals surface area contributed by atoms with Gasteiger partial charge >= 0.3 is 5.97 Å². The SMILES string of the molecule is C[N+](C)(C)C/C([O-])=C/C(=O)O. The zero-order valence-electron chi connectivity index (χ0n) is 7.00. The van der Waals surface area contributed by atoms with E-state index < -0.39 is 5.97 Å². The van der Waals surface area contributed by atoms with Gasteiger partial charge in [-0.3, -0.25) is 0 Å². The Morgan fingerprint density at radius 3 is 2.27 bits per heavy atom. The molecule has 64 valence electrons. The molecule has 4 heteroatoms. The second-order valence-corrected chi connectivity index (χ2v) is 3.40. The number of hydrogen-bond donors (Lipinski definition) is 1. The van der Waals surface area contributed by atoms with Gasteiger partial charge in [0.05, 0.1) is 27.7 Å². The summed E-state index contributed by atoms with van der Waals surface area (Å²) >= 11 is 0. The summed E-state index contributed by atoms with van der Waals surface area (Å²) in [6.45, 7) is 0.215. The molecule has 11 heavy (non-hydrogen) atoms. The first-order chi connectivity index (χ1) is 4.81. The minimum absolute atomic E-state index is 0.215. The van der Waals surface area contributed by atoms with Crippen molar-refractivity contribution in [3.05, 3.63) is 11.8 Å². The molecule has 0 spiro atoms. The first-order valence-corrected chi connectivity index (χ1v) is 3.22. The third-order valence-corrected chi connectivity index (χ3v) is 0.915. The highest BCUT2D eigenvalue weighted by molar-refractivity contribution is 5.80. The largest absolute Gasteiger partial charge is 0.871 e. The number of likely N-dealkylation sites (N-methyl/N-ethyl adjacent to an activating group) is 1.